The van der Waals surface area contributed by atoms with Gasteiger partial charge in [-0.15, -0.1) is 0 Å². The van der Waals surface area contributed by atoms with Crippen molar-refractivity contribution in [3.05, 3.63) is 29.8 Å². The molecule has 0 aromatic heterocycles. The van der Waals surface area contributed by atoms with E-state index in [1.807, 2.05) is 0 Å². The van der Waals surface area contributed by atoms with E-state index in [0.717, 1.165) is 51.7 Å². The molecule has 1 heterocycles. The van der Waals surface area contributed by atoms with Crippen molar-refractivity contribution in [1.29, 1.82) is 0 Å². The molecule has 0 bridgehead atoms. The maximum atomic E-state index is 5.75. The van der Waals surface area contributed by atoms with Crippen molar-refractivity contribution >= 4 is 5.69 Å². The fourth-order valence-corrected chi connectivity index (χ4v) is 3.83. The van der Waals surface area contributed by atoms with Crippen molar-refractivity contribution < 1.29 is 4.74 Å². The van der Waals surface area contributed by atoms with Gasteiger partial charge in [-0.1, -0.05) is 26.0 Å². The fourth-order valence-electron chi connectivity index (χ4n) is 3.83. The Bertz CT molecular complexity index is 521. The van der Waals surface area contributed by atoms with Gasteiger partial charge in [-0.3, -0.25) is 4.90 Å². The third kappa shape index (κ3) is 8.50. The molecule has 0 aliphatic carbocycles. The average Bonchev–Trinajstić information content (AvgIpc) is 2.67. The summed E-state index contributed by atoms with van der Waals surface area (Å²) in [5, 5.41) is 0. The number of rotatable bonds is 12. The van der Waals surface area contributed by atoms with Crippen LogP contribution in [0.15, 0.2) is 24.3 Å². The van der Waals surface area contributed by atoms with Crippen LogP contribution >= 0.6 is 0 Å². The van der Waals surface area contributed by atoms with Crippen molar-refractivity contribution in [2.24, 2.45) is 5.92 Å². The standard InChI is InChI=1S/C24H43N3O/c1-21(2)8-6-18-28-19-7-13-25(5)20-23-9-11-24(12-10-23)27-16-14-26(15-17-27)22(3)4/h9-12,21-22H,6-8,13-20H2,1-5H3. The molecule has 0 atom stereocenters. The molecule has 1 aliphatic rings. The minimum Gasteiger partial charge on any atom is -0.381 e. The average molecular weight is 390 g/mol. The number of anilines is 1. The second-order valence-corrected chi connectivity index (χ2v) is 9.02. The van der Waals surface area contributed by atoms with Gasteiger partial charge in [0.25, 0.3) is 0 Å². The van der Waals surface area contributed by atoms with Gasteiger partial charge in [0.05, 0.1) is 0 Å². The van der Waals surface area contributed by atoms with Gasteiger partial charge in [-0.05, 0) is 63.8 Å². The summed E-state index contributed by atoms with van der Waals surface area (Å²) in [6.07, 6.45) is 3.56. The van der Waals surface area contributed by atoms with E-state index in [1.54, 1.807) is 0 Å². The molecule has 0 unspecified atom stereocenters. The molecule has 0 spiro atoms. The SMILES string of the molecule is CC(C)CCCOCCCN(C)Cc1ccc(N2CCN(C(C)C)CC2)cc1. The Balaban J connectivity index is 1.62. The first-order valence-corrected chi connectivity index (χ1v) is 11.3. The van der Waals surface area contributed by atoms with Crippen LogP contribution in [0, 0.1) is 5.92 Å². The summed E-state index contributed by atoms with van der Waals surface area (Å²) in [5.41, 5.74) is 2.76. The van der Waals surface area contributed by atoms with E-state index in [4.69, 9.17) is 4.74 Å². The molecule has 1 aromatic rings. The van der Waals surface area contributed by atoms with E-state index in [2.05, 4.69) is 73.7 Å². The van der Waals surface area contributed by atoms with Gasteiger partial charge in [0.2, 0.25) is 0 Å². The molecule has 1 aliphatic heterocycles. The summed E-state index contributed by atoms with van der Waals surface area (Å²) in [5.74, 6) is 0.783. The number of ether oxygens (including phenoxy) is 1. The van der Waals surface area contributed by atoms with Gasteiger partial charge >= 0.3 is 0 Å². The zero-order valence-electron chi connectivity index (χ0n) is 19.0. The van der Waals surface area contributed by atoms with E-state index in [1.165, 1.54) is 37.2 Å². The van der Waals surface area contributed by atoms with Gasteiger partial charge in [-0.2, -0.15) is 0 Å². The lowest BCUT2D eigenvalue weighted by atomic mass is 10.1. The zero-order valence-corrected chi connectivity index (χ0v) is 19.0. The van der Waals surface area contributed by atoms with E-state index in [0.29, 0.717) is 6.04 Å². The van der Waals surface area contributed by atoms with E-state index < -0.39 is 0 Å². The third-order valence-electron chi connectivity index (χ3n) is 5.70. The minimum atomic E-state index is 0.658. The summed E-state index contributed by atoms with van der Waals surface area (Å²) in [4.78, 5) is 7.48. The van der Waals surface area contributed by atoms with Crippen LogP contribution < -0.4 is 4.90 Å². The Kier molecular flexibility index (Phi) is 10.3. The Morgan fingerprint density at radius 3 is 2.18 bits per heavy atom. The Morgan fingerprint density at radius 2 is 1.57 bits per heavy atom. The smallest absolute Gasteiger partial charge is 0.0478 e. The maximum Gasteiger partial charge on any atom is 0.0478 e. The van der Waals surface area contributed by atoms with Crippen LogP contribution in [-0.4, -0.2) is 68.8 Å². The van der Waals surface area contributed by atoms with Crippen molar-refractivity contribution in [1.82, 2.24) is 9.80 Å². The summed E-state index contributed by atoms with van der Waals surface area (Å²) >= 11 is 0. The van der Waals surface area contributed by atoms with Gasteiger partial charge in [0, 0.05) is 64.2 Å². The molecule has 4 heteroatoms. The molecule has 0 radical (unpaired) electrons. The minimum absolute atomic E-state index is 0.658. The number of benzene rings is 1. The van der Waals surface area contributed by atoms with Crippen LogP contribution in [0.25, 0.3) is 0 Å². The summed E-state index contributed by atoms with van der Waals surface area (Å²) < 4.78 is 5.75. The molecule has 4 nitrogen and oxygen atoms in total. The van der Waals surface area contributed by atoms with Crippen molar-refractivity contribution in [3.63, 3.8) is 0 Å². The van der Waals surface area contributed by atoms with E-state index >= 15 is 0 Å². The second kappa shape index (κ2) is 12.5. The number of hydrogen-bond donors (Lipinski definition) is 0. The summed E-state index contributed by atoms with van der Waals surface area (Å²) in [6, 6.07) is 9.84. The summed E-state index contributed by atoms with van der Waals surface area (Å²) in [7, 11) is 2.21. The van der Waals surface area contributed by atoms with Gasteiger partial charge < -0.3 is 14.5 Å². The first-order valence-electron chi connectivity index (χ1n) is 11.3. The highest BCUT2D eigenvalue weighted by molar-refractivity contribution is 5.48. The van der Waals surface area contributed by atoms with Gasteiger partial charge in [-0.25, -0.2) is 0 Å². The van der Waals surface area contributed by atoms with Gasteiger partial charge in [0.15, 0.2) is 0 Å². The molecule has 28 heavy (non-hydrogen) atoms. The molecule has 160 valence electrons. The molecular weight excluding hydrogens is 346 g/mol. The zero-order chi connectivity index (χ0) is 20.4. The van der Waals surface area contributed by atoms with E-state index in [9.17, 15) is 0 Å². The largest absolute Gasteiger partial charge is 0.381 e. The summed E-state index contributed by atoms with van der Waals surface area (Å²) in [6.45, 7) is 17.6. The number of piperazine rings is 1. The number of nitrogens with zero attached hydrogens (tertiary/aromatic N) is 3. The molecule has 0 N–H and O–H groups in total. The first-order chi connectivity index (χ1) is 13.5. The monoisotopic (exact) mass is 389 g/mol. The predicted molar refractivity (Wildman–Crippen MR) is 121 cm³/mol. The molecular formula is C24H43N3O. The normalized spacial score (nSPS) is 15.9. The molecule has 1 aromatic carbocycles. The molecule has 0 amide bonds. The first kappa shape index (κ1) is 23.2. The lowest BCUT2D eigenvalue weighted by molar-refractivity contribution is 0.117. The van der Waals surface area contributed by atoms with Crippen LogP contribution in [0.2, 0.25) is 0 Å². The van der Waals surface area contributed by atoms with Crippen LogP contribution in [0.4, 0.5) is 5.69 Å². The third-order valence-corrected chi connectivity index (χ3v) is 5.70. The quantitative estimate of drug-likeness (QED) is 0.490. The molecule has 2 rings (SSSR count). The molecule has 1 fully saturated rings. The molecule has 0 saturated carbocycles. The second-order valence-electron chi connectivity index (χ2n) is 9.02. The topological polar surface area (TPSA) is 19.0 Å². The van der Waals surface area contributed by atoms with Crippen molar-refractivity contribution in [2.45, 2.75) is 59.5 Å². The van der Waals surface area contributed by atoms with Crippen LogP contribution in [0.5, 0.6) is 0 Å². The predicted octanol–water partition coefficient (Wildman–Crippen LogP) is 4.49. The maximum absolute atomic E-state index is 5.75. The fraction of sp³-hybridized carbons (Fsp3) is 0.750. The van der Waals surface area contributed by atoms with Crippen molar-refractivity contribution in [2.75, 3.05) is 57.9 Å². The lowest BCUT2D eigenvalue weighted by Gasteiger charge is -2.38. The Labute approximate surface area is 173 Å². The highest BCUT2D eigenvalue weighted by Gasteiger charge is 2.18. The lowest BCUT2D eigenvalue weighted by Crippen LogP contribution is -2.48. The van der Waals surface area contributed by atoms with Crippen LogP contribution in [0.3, 0.4) is 0 Å². The Morgan fingerprint density at radius 1 is 0.929 bits per heavy atom. The highest BCUT2D eigenvalue weighted by Crippen LogP contribution is 2.18. The number of hydrogen-bond acceptors (Lipinski definition) is 4. The highest BCUT2D eigenvalue weighted by atomic mass is 16.5. The Hall–Kier alpha value is -1.10. The van der Waals surface area contributed by atoms with Crippen molar-refractivity contribution in [3.8, 4) is 0 Å². The molecule has 1 saturated heterocycles. The van der Waals surface area contributed by atoms with Crippen LogP contribution in [-0.2, 0) is 11.3 Å². The van der Waals surface area contributed by atoms with Gasteiger partial charge in [0.1, 0.15) is 0 Å². The van der Waals surface area contributed by atoms with E-state index in [-0.39, 0.29) is 0 Å². The van der Waals surface area contributed by atoms with Crippen LogP contribution in [0.1, 0.15) is 52.5 Å².